The fourth-order valence-electron chi connectivity index (χ4n) is 2.59. The number of rotatable bonds is 4. The van der Waals surface area contributed by atoms with Crippen LogP contribution in [-0.4, -0.2) is 23.5 Å². The van der Waals surface area contributed by atoms with Gasteiger partial charge < -0.3 is 14.8 Å². The molecule has 108 valence electrons. The molecule has 1 aliphatic rings. The lowest BCUT2D eigenvalue weighted by molar-refractivity contribution is -0.144. The van der Waals surface area contributed by atoms with E-state index in [0.717, 1.165) is 25.5 Å². The third-order valence-corrected chi connectivity index (χ3v) is 3.71. The second-order valence-corrected chi connectivity index (χ2v) is 5.04. The Hall–Kier alpha value is -2.11. The van der Waals surface area contributed by atoms with Gasteiger partial charge in [0.05, 0.1) is 11.5 Å². The molecule has 1 saturated carbocycles. The van der Waals surface area contributed by atoms with Gasteiger partial charge in [0.25, 0.3) is 5.91 Å². The Morgan fingerprint density at radius 2 is 2.05 bits per heavy atom. The summed E-state index contributed by atoms with van der Waals surface area (Å²) < 4.78 is 4.62. The minimum Gasteiger partial charge on any atom is -0.481 e. The van der Waals surface area contributed by atoms with Crippen LogP contribution in [0.3, 0.4) is 0 Å². The standard InChI is InChI=1S/C14H17NO5/c16-12-6-5-10(8-20-12)13(17)15-7-9-3-1-2-4-11(9)14(18)19/h5-6,8-9,11H,1-4,7H2,(H,15,17)(H,18,19). The highest BCUT2D eigenvalue weighted by Crippen LogP contribution is 2.29. The number of hydrogen-bond acceptors (Lipinski definition) is 4. The Kier molecular flexibility index (Phi) is 4.55. The van der Waals surface area contributed by atoms with E-state index in [4.69, 9.17) is 5.11 Å². The highest BCUT2D eigenvalue weighted by Gasteiger charge is 2.30. The van der Waals surface area contributed by atoms with Gasteiger partial charge in [0, 0.05) is 12.6 Å². The predicted molar refractivity (Wildman–Crippen MR) is 70.4 cm³/mol. The van der Waals surface area contributed by atoms with Crippen molar-refractivity contribution in [2.75, 3.05) is 6.54 Å². The van der Waals surface area contributed by atoms with Crippen molar-refractivity contribution in [3.05, 3.63) is 34.4 Å². The average molecular weight is 279 g/mol. The molecule has 0 radical (unpaired) electrons. The van der Waals surface area contributed by atoms with E-state index >= 15 is 0 Å². The number of carbonyl (C=O) groups is 2. The molecule has 1 fully saturated rings. The van der Waals surface area contributed by atoms with Gasteiger partial charge in [-0.15, -0.1) is 0 Å². The molecule has 6 nitrogen and oxygen atoms in total. The molecule has 1 amide bonds. The average Bonchev–Trinajstić information content (AvgIpc) is 2.45. The maximum Gasteiger partial charge on any atom is 0.335 e. The fourth-order valence-corrected chi connectivity index (χ4v) is 2.59. The zero-order chi connectivity index (χ0) is 14.5. The highest BCUT2D eigenvalue weighted by molar-refractivity contribution is 5.93. The first-order valence-electron chi connectivity index (χ1n) is 6.68. The summed E-state index contributed by atoms with van der Waals surface area (Å²) in [6.07, 6.45) is 4.49. The topological polar surface area (TPSA) is 96.6 Å². The maximum atomic E-state index is 11.9. The Morgan fingerprint density at radius 3 is 2.70 bits per heavy atom. The van der Waals surface area contributed by atoms with Crippen molar-refractivity contribution in [3.8, 4) is 0 Å². The Morgan fingerprint density at radius 1 is 1.30 bits per heavy atom. The van der Waals surface area contributed by atoms with E-state index in [0.29, 0.717) is 13.0 Å². The zero-order valence-electron chi connectivity index (χ0n) is 11.0. The molecule has 1 aliphatic carbocycles. The summed E-state index contributed by atoms with van der Waals surface area (Å²) in [5, 5.41) is 11.9. The van der Waals surface area contributed by atoms with Gasteiger partial charge in [0.2, 0.25) is 0 Å². The third-order valence-electron chi connectivity index (χ3n) is 3.71. The van der Waals surface area contributed by atoms with Crippen LogP contribution in [0.15, 0.2) is 27.6 Å². The van der Waals surface area contributed by atoms with Crippen LogP contribution in [0.2, 0.25) is 0 Å². The lowest BCUT2D eigenvalue weighted by atomic mass is 9.79. The smallest absolute Gasteiger partial charge is 0.335 e. The van der Waals surface area contributed by atoms with Crippen LogP contribution in [0.5, 0.6) is 0 Å². The van der Waals surface area contributed by atoms with Crippen molar-refractivity contribution < 1.29 is 19.1 Å². The van der Waals surface area contributed by atoms with Crippen LogP contribution in [0.4, 0.5) is 0 Å². The summed E-state index contributed by atoms with van der Waals surface area (Å²) in [4.78, 5) is 33.8. The van der Waals surface area contributed by atoms with E-state index < -0.39 is 17.5 Å². The molecule has 2 N–H and O–H groups in total. The zero-order valence-corrected chi connectivity index (χ0v) is 11.0. The number of carboxylic acids is 1. The van der Waals surface area contributed by atoms with Crippen LogP contribution in [0, 0.1) is 11.8 Å². The molecule has 2 rings (SSSR count). The molecule has 2 unspecified atom stereocenters. The summed E-state index contributed by atoms with van der Waals surface area (Å²) in [6, 6.07) is 2.56. The van der Waals surface area contributed by atoms with E-state index in [-0.39, 0.29) is 17.4 Å². The molecule has 6 heteroatoms. The van der Waals surface area contributed by atoms with Crippen molar-refractivity contribution in [1.82, 2.24) is 5.32 Å². The fraction of sp³-hybridized carbons (Fsp3) is 0.500. The van der Waals surface area contributed by atoms with E-state index in [1.165, 1.54) is 12.1 Å². The molecule has 2 atom stereocenters. The first-order valence-corrected chi connectivity index (χ1v) is 6.68. The number of aliphatic carboxylic acids is 1. The largest absolute Gasteiger partial charge is 0.481 e. The van der Waals surface area contributed by atoms with Gasteiger partial charge in [-0.25, -0.2) is 4.79 Å². The second kappa shape index (κ2) is 6.36. The number of hydrogen-bond donors (Lipinski definition) is 2. The molecule has 1 aromatic rings. The van der Waals surface area contributed by atoms with E-state index in [9.17, 15) is 14.4 Å². The Bertz CT molecular complexity index is 530. The van der Waals surface area contributed by atoms with Crippen molar-refractivity contribution in [1.29, 1.82) is 0 Å². The second-order valence-electron chi connectivity index (χ2n) is 5.04. The maximum absolute atomic E-state index is 11.9. The number of nitrogens with one attached hydrogen (secondary N) is 1. The van der Waals surface area contributed by atoms with E-state index in [1.54, 1.807) is 0 Å². The van der Waals surface area contributed by atoms with Crippen LogP contribution in [0.1, 0.15) is 36.0 Å². The van der Waals surface area contributed by atoms with Gasteiger partial charge in [-0.05, 0) is 24.8 Å². The highest BCUT2D eigenvalue weighted by atomic mass is 16.4. The summed E-state index contributed by atoms with van der Waals surface area (Å²) in [7, 11) is 0. The molecular weight excluding hydrogens is 262 g/mol. The minimum atomic E-state index is -0.797. The quantitative estimate of drug-likeness (QED) is 0.864. The van der Waals surface area contributed by atoms with Crippen LogP contribution >= 0.6 is 0 Å². The minimum absolute atomic E-state index is 0.0408. The van der Waals surface area contributed by atoms with Gasteiger partial charge in [-0.1, -0.05) is 12.8 Å². The lowest BCUT2D eigenvalue weighted by Gasteiger charge is -2.28. The first kappa shape index (κ1) is 14.3. The van der Waals surface area contributed by atoms with Crippen molar-refractivity contribution >= 4 is 11.9 Å². The van der Waals surface area contributed by atoms with Crippen LogP contribution in [-0.2, 0) is 4.79 Å². The SMILES string of the molecule is O=C(NCC1CCCCC1C(=O)O)c1ccc(=O)oc1. The normalized spacial score (nSPS) is 22.2. The first-order chi connectivity index (χ1) is 9.58. The molecule has 1 heterocycles. The lowest BCUT2D eigenvalue weighted by Crippen LogP contribution is -2.37. The molecule has 0 saturated heterocycles. The van der Waals surface area contributed by atoms with Gasteiger partial charge in [-0.2, -0.15) is 0 Å². The number of carbonyl (C=O) groups excluding carboxylic acids is 1. The number of carboxylic acid groups (broad SMARTS) is 1. The molecule has 20 heavy (non-hydrogen) atoms. The molecule has 0 aliphatic heterocycles. The van der Waals surface area contributed by atoms with Gasteiger partial charge >= 0.3 is 11.6 Å². The summed E-state index contributed by atoms with van der Waals surface area (Å²) >= 11 is 0. The van der Waals surface area contributed by atoms with Crippen molar-refractivity contribution in [2.24, 2.45) is 11.8 Å². The van der Waals surface area contributed by atoms with E-state index in [2.05, 4.69) is 9.73 Å². The number of amides is 1. The molecule has 0 aromatic carbocycles. The van der Waals surface area contributed by atoms with E-state index in [1.807, 2.05) is 0 Å². The van der Waals surface area contributed by atoms with Gasteiger partial charge in [0.15, 0.2) is 0 Å². The molecular formula is C14H17NO5. The summed E-state index contributed by atoms with van der Waals surface area (Å²) in [5.74, 6) is -1.59. The van der Waals surface area contributed by atoms with Crippen LogP contribution < -0.4 is 10.9 Å². The van der Waals surface area contributed by atoms with Crippen molar-refractivity contribution in [2.45, 2.75) is 25.7 Å². The summed E-state index contributed by atoms with van der Waals surface area (Å²) in [5.41, 5.74) is -0.257. The van der Waals surface area contributed by atoms with Gasteiger partial charge in [0.1, 0.15) is 6.26 Å². The van der Waals surface area contributed by atoms with Crippen molar-refractivity contribution in [3.63, 3.8) is 0 Å². The summed E-state index contributed by atoms with van der Waals surface area (Å²) in [6.45, 7) is 0.328. The third kappa shape index (κ3) is 3.46. The predicted octanol–water partition coefficient (Wildman–Crippen LogP) is 1.26. The molecule has 1 aromatic heterocycles. The Labute approximate surface area is 115 Å². The molecule has 0 spiro atoms. The van der Waals surface area contributed by atoms with Crippen LogP contribution in [0.25, 0.3) is 0 Å². The monoisotopic (exact) mass is 279 g/mol. The van der Waals surface area contributed by atoms with Gasteiger partial charge in [-0.3, -0.25) is 9.59 Å². The Balaban J connectivity index is 1.93. The molecule has 0 bridgehead atoms.